The minimum atomic E-state index is -1.67. The summed E-state index contributed by atoms with van der Waals surface area (Å²) in [6, 6.07) is 8.42. The number of hydrogen-bond acceptors (Lipinski definition) is 4. The van der Waals surface area contributed by atoms with Gasteiger partial charge in [-0.1, -0.05) is 18.2 Å². The van der Waals surface area contributed by atoms with Crippen molar-refractivity contribution in [2.45, 2.75) is 0 Å². The molecule has 0 saturated heterocycles. The van der Waals surface area contributed by atoms with Crippen molar-refractivity contribution in [3.63, 3.8) is 0 Å². The van der Waals surface area contributed by atoms with Crippen molar-refractivity contribution >= 4 is 24.4 Å². The summed E-state index contributed by atoms with van der Waals surface area (Å²) in [5, 5.41) is 8.92. The molecule has 68 valence electrons. The first-order chi connectivity index (χ1) is 6.18. The zero-order valence-electron chi connectivity index (χ0n) is 6.51. The van der Waals surface area contributed by atoms with Gasteiger partial charge in [-0.15, -0.1) is 0 Å². The van der Waals surface area contributed by atoms with Crippen LogP contribution in [0.2, 0.25) is 0 Å². The second kappa shape index (κ2) is 4.74. The van der Waals surface area contributed by atoms with E-state index in [0.29, 0.717) is 5.75 Å². The average molecular weight is 200 g/mol. The van der Waals surface area contributed by atoms with Crippen LogP contribution in [0, 0.1) is 0 Å². The molecule has 0 amide bonds. The quantitative estimate of drug-likeness (QED) is 0.592. The molecule has 1 aromatic rings. The molecule has 1 N–H and O–H groups in total. The van der Waals surface area contributed by atoms with Crippen molar-refractivity contribution in [2.75, 3.05) is 0 Å². The second-order valence-corrected chi connectivity index (χ2v) is 2.40. The minimum absolute atomic E-state index is 0.382. The first-order valence-electron chi connectivity index (χ1n) is 3.44. The fourth-order valence-corrected chi connectivity index (χ4v) is 0.795. The largest absolute Gasteiger partial charge is 0.788 e. The van der Waals surface area contributed by atoms with Crippen molar-refractivity contribution in [3.8, 4) is 5.75 Å². The molecule has 1 rings (SSSR count). The predicted octanol–water partition coefficient (Wildman–Crippen LogP) is 1.42. The minimum Gasteiger partial charge on any atom is -0.501 e. The van der Waals surface area contributed by atoms with E-state index < -0.39 is 12.7 Å². The van der Waals surface area contributed by atoms with Crippen LogP contribution in [0.15, 0.2) is 30.3 Å². The molecule has 0 aliphatic rings. The molecule has 0 heterocycles. The standard InChI is InChI=1S/C7H6BClO4/c9-7(10)13-8(11)12-6-4-2-1-3-5-6/h1-5,11H. The topological polar surface area (TPSA) is 55.8 Å². The molecule has 0 radical (unpaired) electrons. The molecule has 0 saturated carbocycles. The molecular formula is C7H6BClO4. The highest BCUT2D eigenvalue weighted by atomic mass is 35.5. The van der Waals surface area contributed by atoms with E-state index in [2.05, 4.69) is 4.65 Å². The van der Waals surface area contributed by atoms with Crippen LogP contribution in [-0.4, -0.2) is 17.8 Å². The van der Waals surface area contributed by atoms with Gasteiger partial charge in [0.05, 0.1) is 0 Å². The number of halogens is 1. The Morgan fingerprint density at radius 2 is 2.00 bits per heavy atom. The number of carbonyl (C=O) groups excluding carboxylic acids is 1. The van der Waals surface area contributed by atoms with Crippen molar-refractivity contribution in [3.05, 3.63) is 30.3 Å². The summed E-state index contributed by atoms with van der Waals surface area (Å²) >= 11 is 4.84. The summed E-state index contributed by atoms with van der Waals surface area (Å²) in [5.74, 6) is 0.382. The molecule has 0 fully saturated rings. The van der Waals surface area contributed by atoms with Gasteiger partial charge in [0.2, 0.25) is 0 Å². The molecular weight excluding hydrogens is 194 g/mol. The summed E-state index contributed by atoms with van der Waals surface area (Å²) < 4.78 is 8.87. The van der Waals surface area contributed by atoms with E-state index >= 15 is 0 Å². The van der Waals surface area contributed by atoms with Crippen molar-refractivity contribution in [2.24, 2.45) is 0 Å². The van der Waals surface area contributed by atoms with Crippen LogP contribution >= 0.6 is 11.6 Å². The van der Waals surface area contributed by atoms with Crippen LogP contribution in [0.3, 0.4) is 0 Å². The van der Waals surface area contributed by atoms with Gasteiger partial charge in [0.15, 0.2) is 0 Å². The molecule has 0 bridgehead atoms. The van der Waals surface area contributed by atoms with Crippen molar-refractivity contribution in [1.29, 1.82) is 0 Å². The maximum atomic E-state index is 10.1. The molecule has 0 aromatic heterocycles. The van der Waals surface area contributed by atoms with Crippen molar-refractivity contribution < 1.29 is 19.1 Å². The third-order valence-corrected chi connectivity index (χ3v) is 1.26. The van der Waals surface area contributed by atoms with E-state index in [1.54, 1.807) is 30.3 Å². The first-order valence-corrected chi connectivity index (χ1v) is 3.82. The SMILES string of the molecule is O=C(Cl)OB(O)Oc1ccccc1. The lowest BCUT2D eigenvalue weighted by atomic mass is 10.2. The molecule has 0 unspecified atom stereocenters. The molecule has 0 aliphatic carbocycles. The average Bonchev–Trinajstić information content (AvgIpc) is 2.04. The zero-order valence-corrected chi connectivity index (χ0v) is 7.27. The predicted molar refractivity (Wildman–Crippen MR) is 47.4 cm³/mol. The van der Waals surface area contributed by atoms with Gasteiger partial charge in [-0.2, -0.15) is 0 Å². The van der Waals surface area contributed by atoms with Gasteiger partial charge in [0, 0.05) is 11.6 Å². The summed E-state index contributed by atoms with van der Waals surface area (Å²) in [6.07, 6.45) is 0. The number of para-hydroxylation sites is 1. The molecule has 0 spiro atoms. The number of hydrogen-bond donors (Lipinski definition) is 1. The van der Waals surface area contributed by atoms with E-state index in [1.807, 2.05) is 0 Å². The molecule has 4 nitrogen and oxygen atoms in total. The maximum absolute atomic E-state index is 10.1. The van der Waals surface area contributed by atoms with Gasteiger partial charge in [-0.05, 0) is 12.1 Å². The highest BCUT2D eigenvalue weighted by Gasteiger charge is 2.22. The summed E-state index contributed by atoms with van der Waals surface area (Å²) in [5.41, 5.74) is -1.12. The maximum Gasteiger partial charge on any atom is 0.788 e. The second-order valence-electron chi connectivity index (χ2n) is 2.09. The number of carbonyl (C=O) groups is 1. The Bertz CT molecular complexity index is 279. The normalized spacial score (nSPS) is 9.08. The van der Waals surface area contributed by atoms with E-state index in [1.165, 1.54) is 0 Å². The van der Waals surface area contributed by atoms with Crippen LogP contribution < -0.4 is 4.65 Å². The van der Waals surface area contributed by atoms with E-state index in [-0.39, 0.29) is 0 Å². The highest BCUT2D eigenvalue weighted by Crippen LogP contribution is 2.09. The Morgan fingerprint density at radius 1 is 1.38 bits per heavy atom. The van der Waals surface area contributed by atoms with Gasteiger partial charge in [0.1, 0.15) is 5.75 Å². The van der Waals surface area contributed by atoms with Crippen LogP contribution in [0.1, 0.15) is 0 Å². The third kappa shape index (κ3) is 3.82. The highest BCUT2D eigenvalue weighted by molar-refractivity contribution is 6.64. The lowest BCUT2D eigenvalue weighted by Crippen LogP contribution is -2.27. The zero-order chi connectivity index (χ0) is 9.68. The molecule has 1 aromatic carbocycles. The molecule has 0 atom stereocenters. The van der Waals surface area contributed by atoms with Gasteiger partial charge in [0.25, 0.3) is 0 Å². The van der Waals surface area contributed by atoms with Crippen LogP contribution in [0.5, 0.6) is 5.75 Å². The Labute approximate surface area is 80.2 Å². The van der Waals surface area contributed by atoms with Gasteiger partial charge < -0.3 is 14.3 Å². The van der Waals surface area contributed by atoms with Crippen molar-refractivity contribution in [1.82, 2.24) is 0 Å². The molecule has 0 aliphatic heterocycles. The van der Waals surface area contributed by atoms with Gasteiger partial charge in [-0.25, -0.2) is 4.79 Å². The Balaban J connectivity index is 2.45. The van der Waals surface area contributed by atoms with E-state index in [9.17, 15) is 4.79 Å². The van der Waals surface area contributed by atoms with Crippen LogP contribution in [-0.2, 0) is 4.65 Å². The van der Waals surface area contributed by atoms with E-state index in [0.717, 1.165) is 0 Å². The lowest BCUT2D eigenvalue weighted by Gasteiger charge is -2.06. The van der Waals surface area contributed by atoms with Gasteiger partial charge in [-0.3, -0.25) is 0 Å². The fourth-order valence-electron chi connectivity index (χ4n) is 0.719. The monoisotopic (exact) mass is 200 g/mol. The lowest BCUT2D eigenvalue weighted by molar-refractivity contribution is 0.197. The van der Waals surface area contributed by atoms with Gasteiger partial charge >= 0.3 is 12.7 Å². The van der Waals surface area contributed by atoms with E-state index in [4.69, 9.17) is 21.3 Å². The third-order valence-electron chi connectivity index (χ3n) is 1.17. The number of rotatable bonds is 3. The fraction of sp³-hybridized carbons (Fsp3) is 0. The Hall–Kier alpha value is -1.20. The first kappa shape index (κ1) is 9.89. The van der Waals surface area contributed by atoms with Crippen LogP contribution in [0.25, 0.3) is 0 Å². The van der Waals surface area contributed by atoms with Crippen LogP contribution in [0.4, 0.5) is 4.79 Å². The molecule has 13 heavy (non-hydrogen) atoms. The molecule has 6 heteroatoms. The number of benzene rings is 1. The Kier molecular flexibility index (Phi) is 3.61. The summed E-state index contributed by atoms with van der Waals surface area (Å²) in [6.45, 7) is 0. The smallest absolute Gasteiger partial charge is 0.501 e. The summed E-state index contributed by atoms with van der Waals surface area (Å²) in [7, 11) is -1.67. The Morgan fingerprint density at radius 3 is 2.54 bits per heavy atom. The summed E-state index contributed by atoms with van der Waals surface area (Å²) in [4.78, 5) is 10.1.